The summed E-state index contributed by atoms with van der Waals surface area (Å²) in [6.45, 7) is 0. The summed E-state index contributed by atoms with van der Waals surface area (Å²) in [6, 6.07) is 12.9. The molecule has 4 nitrogen and oxygen atoms in total. The molecule has 0 aliphatic carbocycles. The highest BCUT2D eigenvalue weighted by Gasteiger charge is 2.18. The van der Waals surface area contributed by atoms with E-state index in [-0.39, 0.29) is 0 Å². The van der Waals surface area contributed by atoms with Crippen LogP contribution in [0.5, 0.6) is 0 Å². The normalized spacial score (nSPS) is 12.5. The van der Waals surface area contributed by atoms with Crippen LogP contribution in [0.15, 0.2) is 63.8 Å². The molecule has 0 bridgehead atoms. The number of aliphatic hydroxyl groups excluding tert-OH is 1. The molecule has 2 aromatic heterocycles. The molecule has 0 fully saturated rings. The highest BCUT2D eigenvalue weighted by Crippen LogP contribution is 2.26. The molecule has 1 unspecified atom stereocenters. The van der Waals surface area contributed by atoms with E-state index in [9.17, 15) is 5.11 Å². The Morgan fingerprint density at radius 2 is 1.83 bits per heavy atom. The molecule has 0 saturated carbocycles. The molecule has 0 saturated heterocycles. The lowest BCUT2D eigenvalue weighted by molar-refractivity contribution is 0.163. The topological polar surface area (TPSA) is 59.4 Å². The van der Waals surface area contributed by atoms with E-state index in [4.69, 9.17) is 8.83 Å². The van der Waals surface area contributed by atoms with Crippen molar-refractivity contribution in [2.24, 2.45) is 0 Å². The fraction of sp³-hybridized carbons (Fsp3) is 0.0714. The van der Waals surface area contributed by atoms with E-state index in [0.717, 1.165) is 5.56 Å². The number of furan rings is 1. The van der Waals surface area contributed by atoms with Gasteiger partial charge in [0.2, 0.25) is 5.89 Å². The Morgan fingerprint density at radius 3 is 2.56 bits per heavy atom. The van der Waals surface area contributed by atoms with Crippen molar-refractivity contribution in [3.63, 3.8) is 0 Å². The molecule has 0 amide bonds. The van der Waals surface area contributed by atoms with Gasteiger partial charge in [-0.2, -0.15) is 0 Å². The third-order valence-electron chi connectivity index (χ3n) is 2.63. The maximum atomic E-state index is 10.0. The maximum absolute atomic E-state index is 10.0. The molecule has 3 aromatic rings. The first-order valence-corrected chi connectivity index (χ1v) is 5.57. The monoisotopic (exact) mass is 241 g/mol. The minimum atomic E-state index is -0.926. The molecule has 0 spiro atoms. The lowest BCUT2D eigenvalue weighted by Gasteiger charge is -2.02. The van der Waals surface area contributed by atoms with E-state index < -0.39 is 6.10 Å². The highest BCUT2D eigenvalue weighted by molar-refractivity contribution is 5.52. The average molecular weight is 241 g/mol. The van der Waals surface area contributed by atoms with E-state index >= 15 is 0 Å². The first-order chi connectivity index (χ1) is 8.84. The fourth-order valence-electron chi connectivity index (χ4n) is 1.71. The average Bonchev–Trinajstić information content (AvgIpc) is 3.10. The number of hydrogen-bond acceptors (Lipinski definition) is 4. The van der Waals surface area contributed by atoms with Crippen molar-refractivity contribution >= 4 is 0 Å². The molecule has 3 rings (SSSR count). The predicted molar refractivity (Wildman–Crippen MR) is 64.7 cm³/mol. The van der Waals surface area contributed by atoms with Crippen LogP contribution in [0, 0.1) is 0 Å². The molecule has 4 heteroatoms. The number of aliphatic hydroxyl groups is 1. The first-order valence-electron chi connectivity index (χ1n) is 5.57. The van der Waals surface area contributed by atoms with Gasteiger partial charge in [0.1, 0.15) is 5.76 Å². The minimum Gasteiger partial charge on any atom is -0.466 e. The standard InChI is InChI=1S/C14H11NO3/c16-13(11-7-4-8-17-11)12-9-15-14(18-12)10-5-2-1-3-6-10/h1-9,13,16H. The quantitative estimate of drug-likeness (QED) is 0.765. The Hall–Kier alpha value is -2.33. The third-order valence-corrected chi connectivity index (χ3v) is 2.63. The van der Waals surface area contributed by atoms with E-state index in [1.54, 1.807) is 12.1 Å². The number of oxazole rings is 1. The molecule has 90 valence electrons. The van der Waals surface area contributed by atoms with Gasteiger partial charge in [-0.3, -0.25) is 0 Å². The van der Waals surface area contributed by atoms with Crippen LogP contribution < -0.4 is 0 Å². The molecule has 0 radical (unpaired) electrons. The van der Waals surface area contributed by atoms with Crippen LogP contribution in [0.1, 0.15) is 17.6 Å². The highest BCUT2D eigenvalue weighted by atomic mass is 16.4. The second-order valence-corrected chi connectivity index (χ2v) is 3.85. The summed E-state index contributed by atoms with van der Waals surface area (Å²) < 4.78 is 10.7. The summed E-state index contributed by atoms with van der Waals surface area (Å²) >= 11 is 0. The van der Waals surface area contributed by atoms with Crippen molar-refractivity contribution in [1.29, 1.82) is 0 Å². The minimum absolute atomic E-state index is 0.365. The lowest BCUT2D eigenvalue weighted by atomic mass is 10.2. The van der Waals surface area contributed by atoms with Crippen LogP contribution in [0.3, 0.4) is 0 Å². The molecular weight excluding hydrogens is 230 g/mol. The largest absolute Gasteiger partial charge is 0.466 e. The summed E-state index contributed by atoms with van der Waals surface area (Å²) in [5.41, 5.74) is 0.871. The molecule has 2 heterocycles. The summed E-state index contributed by atoms with van der Waals surface area (Å²) in [4.78, 5) is 4.15. The molecule has 1 N–H and O–H groups in total. The number of rotatable bonds is 3. The second kappa shape index (κ2) is 4.50. The Bertz CT molecular complexity index is 614. The van der Waals surface area contributed by atoms with Gasteiger partial charge in [0.05, 0.1) is 12.5 Å². The lowest BCUT2D eigenvalue weighted by Crippen LogP contribution is -1.95. The van der Waals surface area contributed by atoms with E-state index in [1.807, 2.05) is 30.3 Å². The SMILES string of the molecule is OC(c1ccco1)c1cnc(-c2ccccc2)o1. The molecule has 0 aliphatic heterocycles. The van der Waals surface area contributed by atoms with Gasteiger partial charge < -0.3 is 13.9 Å². The number of benzene rings is 1. The van der Waals surface area contributed by atoms with Gasteiger partial charge in [0.15, 0.2) is 11.9 Å². The van der Waals surface area contributed by atoms with Crippen molar-refractivity contribution in [3.8, 4) is 11.5 Å². The summed E-state index contributed by atoms with van der Waals surface area (Å²) in [7, 11) is 0. The van der Waals surface area contributed by atoms with Gasteiger partial charge >= 0.3 is 0 Å². The zero-order valence-corrected chi connectivity index (χ0v) is 9.48. The Balaban J connectivity index is 1.90. The van der Waals surface area contributed by atoms with E-state index in [2.05, 4.69) is 4.98 Å². The fourth-order valence-corrected chi connectivity index (χ4v) is 1.71. The van der Waals surface area contributed by atoms with Crippen molar-refractivity contribution in [1.82, 2.24) is 4.98 Å². The van der Waals surface area contributed by atoms with Crippen molar-refractivity contribution in [2.45, 2.75) is 6.10 Å². The zero-order valence-electron chi connectivity index (χ0n) is 9.48. The third kappa shape index (κ3) is 1.94. The summed E-state index contributed by atoms with van der Waals surface area (Å²) in [5.74, 6) is 1.28. The number of hydrogen-bond donors (Lipinski definition) is 1. The smallest absolute Gasteiger partial charge is 0.226 e. The van der Waals surface area contributed by atoms with Gasteiger partial charge in [0, 0.05) is 5.56 Å². The number of aromatic nitrogens is 1. The maximum Gasteiger partial charge on any atom is 0.226 e. The summed E-state index contributed by atoms with van der Waals surface area (Å²) in [5, 5.41) is 10.0. The first kappa shape index (κ1) is 10.8. The molecule has 1 atom stereocenters. The number of nitrogens with zero attached hydrogens (tertiary/aromatic N) is 1. The van der Waals surface area contributed by atoms with Gasteiger partial charge in [-0.05, 0) is 24.3 Å². The van der Waals surface area contributed by atoms with Gasteiger partial charge in [-0.25, -0.2) is 4.98 Å². The van der Waals surface area contributed by atoms with Crippen molar-refractivity contribution in [2.75, 3.05) is 0 Å². The zero-order chi connectivity index (χ0) is 12.4. The molecular formula is C14H11NO3. The van der Waals surface area contributed by atoms with Crippen LogP contribution in [-0.2, 0) is 0 Å². The Kier molecular flexibility index (Phi) is 2.70. The van der Waals surface area contributed by atoms with Gasteiger partial charge in [-0.15, -0.1) is 0 Å². The van der Waals surface area contributed by atoms with Crippen LogP contribution >= 0.6 is 0 Å². The van der Waals surface area contributed by atoms with Crippen LogP contribution in [0.4, 0.5) is 0 Å². The van der Waals surface area contributed by atoms with Gasteiger partial charge in [-0.1, -0.05) is 18.2 Å². The van der Waals surface area contributed by atoms with Crippen LogP contribution in [-0.4, -0.2) is 10.1 Å². The Labute approximate surface area is 104 Å². The van der Waals surface area contributed by atoms with E-state index in [1.165, 1.54) is 12.5 Å². The van der Waals surface area contributed by atoms with Crippen LogP contribution in [0.2, 0.25) is 0 Å². The van der Waals surface area contributed by atoms with Crippen molar-refractivity contribution in [3.05, 3.63) is 66.4 Å². The van der Waals surface area contributed by atoms with E-state index in [0.29, 0.717) is 17.4 Å². The van der Waals surface area contributed by atoms with Crippen LogP contribution in [0.25, 0.3) is 11.5 Å². The second-order valence-electron chi connectivity index (χ2n) is 3.85. The molecule has 1 aromatic carbocycles. The van der Waals surface area contributed by atoms with Gasteiger partial charge in [0.25, 0.3) is 0 Å². The van der Waals surface area contributed by atoms with Crippen molar-refractivity contribution < 1.29 is 13.9 Å². The predicted octanol–water partition coefficient (Wildman–Crippen LogP) is 3.02. The molecule has 18 heavy (non-hydrogen) atoms. The molecule has 0 aliphatic rings. The Morgan fingerprint density at radius 1 is 1.00 bits per heavy atom. The summed E-state index contributed by atoms with van der Waals surface area (Å²) in [6.07, 6.45) is 2.09.